The molecule has 0 spiro atoms. The van der Waals surface area contributed by atoms with Crippen molar-refractivity contribution in [3.05, 3.63) is 62.8 Å². The highest BCUT2D eigenvalue weighted by Crippen LogP contribution is 2.35. The van der Waals surface area contributed by atoms with Crippen LogP contribution in [-0.4, -0.2) is 31.6 Å². The van der Waals surface area contributed by atoms with Crippen LogP contribution in [0.25, 0.3) is 22.5 Å². The number of fused-ring (bicyclic) bond motifs is 2. The summed E-state index contributed by atoms with van der Waals surface area (Å²) in [6.45, 7) is 3.06. The summed E-state index contributed by atoms with van der Waals surface area (Å²) in [5, 5.41) is 10.8. The zero-order valence-electron chi connectivity index (χ0n) is 15.4. The first-order valence-electron chi connectivity index (χ1n) is 9.07. The van der Waals surface area contributed by atoms with Gasteiger partial charge in [-0.1, -0.05) is 11.6 Å². The van der Waals surface area contributed by atoms with E-state index in [-0.39, 0.29) is 11.4 Å². The van der Waals surface area contributed by atoms with E-state index in [0.29, 0.717) is 53.0 Å². The minimum Gasteiger partial charge on any atom is -0.507 e. The molecule has 8 nitrogen and oxygen atoms in total. The molecule has 0 radical (unpaired) electrons. The van der Waals surface area contributed by atoms with E-state index in [0.717, 1.165) is 16.8 Å². The second-order valence-corrected chi connectivity index (χ2v) is 7.43. The molecule has 5 rings (SSSR count). The Bertz CT molecular complexity index is 1290. The average molecular weight is 410 g/mol. The van der Waals surface area contributed by atoms with Crippen molar-refractivity contribution < 1.29 is 9.52 Å². The summed E-state index contributed by atoms with van der Waals surface area (Å²) in [5.74, 6) is 0.0692. The SMILES string of the molecule is Cc1cc(Cl)cc(O)c1-c1ccc2oc(N3CCc4[nH]c(=O)ncc4C3)nc2n1. The number of pyridine rings is 1. The number of hydrogen-bond acceptors (Lipinski definition) is 7. The summed E-state index contributed by atoms with van der Waals surface area (Å²) in [5.41, 5.74) is 4.53. The van der Waals surface area contributed by atoms with E-state index < -0.39 is 0 Å². The lowest BCUT2D eigenvalue weighted by Crippen LogP contribution is -2.33. The molecule has 9 heteroatoms. The fourth-order valence-electron chi connectivity index (χ4n) is 3.65. The molecule has 0 unspecified atom stereocenters. The van der Waals surface area contributed by atoms with Gasteiger partial charge in [-0.2, -0.15) is 4.98 Å². The van der Waals surface area contributed by atoms with Crippen LogP contribution in [-0.2, 0) is 13.0 Å². The highest BCUT2D eigenvalue weighted by atomic mass is 35.5. The summed E-state index contributed by atoms with van der Waals surface area (Å²) in [7, 11) is 0. The number of benzene rings is 1. The minimum absolute atomic E-state index is 0.0692. The van der Waals surface area contributed by atoms with Crippen LogP contribution in [0.3, 0.4) is 0 Å². The molecule has 1 aliphatic rings. The number of hydrogen-bond donors (Lipinski definition) is 2. The Morgan fingerprint density at radius 1 is 1.28 bits per heavy atom. The van der Waals surface area contributed by atoms with Gasteiger partial charge in [-0.3, -0.25) is 0 Å². The summed E-state index contributed by atoms with van der Waals surface area (Å²) in [4.78, 5) is 29.0. The fraction of sp³-hybridized carbons (Fsp3) is 0.200. The van der Waals surface area contributed by atoms with E-state index in [4.69, 9.17) is 16.0 Å². The number of phenols is 1. The molecule has 0 saturated heterocycles. The molecule has 0 bridgehead atoms. The third kappa shape index (κ3) is 3.11. The van der Waals surface area contributed by atoms with Crippen LogP contribution in [0.4, 0.5) is 6.01 Å². The minimum atomic E-state index is -0.337. The van der Waals surface area contributed by atoms with Crippen molar-refractivity contribution in [2.75, 3.05) is 11.4 Å². The number of aromatic hydroxyl groups is 1. The van der Waals surface area contributed by atoms with Crippen molar-refractivity contribution in [3.8, 4) is 17.0 Å². The number of H-pyrrole nitrogens is 1. The maximum atomic E-state index is 11.4. The van der Waals surface area contributed by atoms with Crippen LogP contribution in [0, 0.1) is 6.92 Å². The van der Waals surface area contributed by atoms with Gasteiger partial charge < -0.3 is 19.4 Å². The lowest BCUT2D eigenvalue weighted by molar-refractivity contribution is 0.477. The number of aryl methyl sites for hydroxylation is 1. The van der Waals surface area contributed by atoms with Gasteiger partial charge in [-0.25, -0.2) is 14.8 Å². The Labute approximate surface area is 169 Å². The molecule has 0 amide bonds. The number of aromatic nitrogens is 4. The maximum absolute atomic E-state index is 11.4. The molecule has 0 saturated carbocycles. The normalized spacial score (nSPS) is 13.7. The van der Waals surface area contributed by atoms with Crippen LogP contribution in [0.1, 0.15) is 16.8 Å². The second kappa shape index (κ2) is 6.59. The van der Waals surface area contributed by atoms with Crippen molar-refractivity contribution in [1.82, 2.24) is 19.9 Å². The molecular formula is C20H16ClN5O3. The van der Waals surface area contributed by atoms with E-state index in [9.17, 15) is 9.90 Å². The van der Waals surface area contributed by atoms with Gasteiger partial charge in [0.15, 0.2) is 5.58 Å². The van der Waals surface area contributed by atoms with E-state index in [1.165, 1.54) is 6.07 Å². The van der Waals surface area contributed by atoms with Crippen molar-refractivity contribution >= 4 is 28.8 Å². The average Bonchev–Trinajstić information content (AvgIpc) is 3.10. The largest absolute Gasteiger partial charge is 0.507 e. The lowest BCUT2D eigenvalue weighted by atomic mass is 10.0. The molecule has 29 heavy (non-hydrogen) atoms. The molecule has 1 aliphatic heterocycles. The molecule has 146 valence electrons. The van der Waals surface area contributed by atoms with Gasteiger partial charge >= 0.3 is 5.69 Å². The monoisotopic (exact) mass is 409 g/mol. The van der Waals surface area contributed by atoms with E-state index in [1.54, 1.807) is 24.4 Å². The summed E-state index contributed by atoms with van der Waals surface area (Å²) in [6.07, 6.45) is 2.26. The first kappa shape index (κ1) is 17.7. The fourth-order valence-corrected chi connectivity index (χ4v) is 3.92. The van der Waals surface area contributed by atoms with E-state index in [1.807, 2.05) is 11.8 Å². The third-order valence-corrected chi connectivity index (χ3v) is 5.24. The molecule has 4 aromatic rings. The summed E-state index contributed by atoms with van der Waals surface area (Å²) < 4.78 is 5.89. The third-order valence-electron chi connectivity index (χ3n) is 5.02. The predicted octanol–water partition coefficient (Wildman–Crippen LogP) is 3.20. The van der Waals surface area contributed by atoms with Crippen molar-refractivity contribution in [3.63, 3.8) is 0 Å². The number of phenolic OH excluding ortho intramolecular Hbond substituents is 1. The van der Waals surface area contributed by atoms with Gasteiger partial charge in [-0.15, -0.1) is 0 Å². The van der Waals surface area contributed by atoms with Crippen LogP contribution in [0.5, 0.6) is 5.75 Å². The van der Waals surface area contributed by atoms with Gasteiger partial charge in [0.2, 0.25) is 5.65 Å². The Morgan fingerprint density at radius 2 is 2.14 bits per heavy atom. The highest BCUT2D eigenvalue weighted by Gasteiger charge is 2.22. The Balaban J connectivity index is 1.51. The number of nitrogens with zero attached hydrogens (tertiary/aromatic N) is 4. The number of halogens is 1. The number of nitrogens with one attached hydrogen (secondary N) is 1. The highest BCUT2D eigenvalue weighted by molar-refractivity contribution is 6.31. The molecular weight excluding hydrogens is 394 g/mol. The van der Waals surface area contributed by atoms with Crippen molar-refractivity contribution in [2.45, 2.75) is 19.9 Å². The molecule has 0 fully saturated rings. The van der Waals surface area contributed by atoms with Crippen LogP contribution in [0.2, 0.25) is 5.02 Å². The predicted molar refractivity (Wildman–Crippen MR) is 108 cm³/mol. The molecule has 0 aliphatic carbocycles. The van der Waals surface area contributed by atoms with Crippen molar-refractivity contribution in [1.29, 1.82) is 0 Å². The zero-order valence-corrected chi connectivity index (χ0v) is 16.2. The Morgan fingerprint density at radius 3 is 2.97 bits per heavy atom. The zero-order chi connectivity index (χ0) is 20.1. The molecule has 3 aromatic heterocycles. The molecule has 0 atom stereocenters. The first-order chi connectivity index (χ1) is 14.0. The quantitative estimate of drug-likeness (QED) is 0.523. The number of anilines is 1. The molecule has 4 heterocycles. The second-order valence-electron chi connectivity index (χ2n) is 7.00. The van der Waals surface area contributed by atoms with Crippen LogP contribution < -0.4 is 10.6 Å². The van der Waals surface area contributed by atoms with E-state index in [2.05, 4.69) is 19.9 Å². The topological polar surface area (TPSA) is 108 Å². The molecule has 1 aromatic carbocycles. The smallest absolute Gasteiger partial charge is 0.345 e. The number of aromatic amines is 1. The van der Waals surface area contributed by atoms with Gasteiger partial charge in [0, 0.05) is 41.0 Å². The van der Waals surface area contributed by atoms with Gasteiger partial charge in [0.05, 0.1) is 12.2 Å². The number of oxazole rings is 1. The summed E-state index contributed by atoms with van der Waals surface area (Å²) >= 11 is 6.00. The lowest BCUT2D eigenvalue weighted by Gasteiger charge is -2.26. The summed E-state index contributed by atoms with van der Waals surface area (Å²) in [6, 6.07) is 7.30. The van der Waals surface area contributed by atoms with Gasteiger partial charge in [-0.05, 0) is 36.8 Å². The van der Waals surface area contributed by atoms with Gasteiger partial charge in [0.1, 0.15) is 5.75 Å². The van der Waals surface area contributed by atoms with Gasteiger partial charge in [0.25, 0.3) is 6.01 Å². The number of rotatable bonds is 2. The first-order valence-corrected chi connectivity index (χ1v) is 9.45. The Kier molecular flexibility index (Phi) is 4.02. The maximum Gasteiger partial charge on any atom is 0.345 e. The van der Waals surface area contributed by atoms with E-state index >= 15 is 0 Å². The molecule has 2 N–H and O–H groups in total. The van der Waals surface area contributed by atoms with Crippen LogP contribution >= 0.6 is 11.6 Å². The van der Waals surface area contributed by atoms with Crippen molar-refractivity contribution in [2.24, 2.45) is 0 Å². The standard InChI is InChI=1S/C20H16ClN5O3/c1-10-6-12(21)7-15(27)17(10)14-2-3-16-18(23-14)25-20(29-16)26-5-4-13-11(9-26)8-22-19(28)24-13/h2-3,6-8,27H,4-5,9H2,1H3,(H,22,24,28). The Hall–Kier alpha value is -3.39. The van der Waals surface area contributed by atoms with Crippen LogP contribution in [0.15, 0.2) is 39.7 Å².